The van der Waals surface area contributed by atoms with Gasteiger partial charge in [0.1, 0.15) is 17.3 Å². The van der Waals surface area contributed by atoms with Gasteiger partial charge in [-0.15, -0.1) is 0 Å². The maximum Gasteiger partial charge on any atom is 0.347 e. The molecule has 7 nitrogen and oxygen atoms in total. The summed E-state index contributed by atoms with van der Waals surface area (Å²) in [6.07, 6.45) is 3.96. The molecule has 1 aliphatic carbocycles. The lowest BCUT2D eigenvalue weighted by atomic mass is 9.86. The van der Waals surface area contributed by atoms with E-state index in [4.69, 9.17) is 16.3 Å². The molecule has 0 radical (unpaired) electrons. The van der Waals surface area contributed by atoms with Crippen LogP contribution in [0.15, 0.2) is 36.4 Å². The van der Waals surface area contributed by atoms with Crippen LogP contribution >= 0.6 is 11.6 Å². The first-order valence-electron chi connectivity index (χ1n) is 11.7. The van der Waals surface area contributed by atoms with Crippen LogP contribution in [-0.4, -0.2) is 45.2 Å². The fourth-order valence-corrected chi connectivity index (χ4v) is 4.40. The summed E-state index contributed by atoms with van der Waals surface area (Å²) in [5, 5.41) is 22.8. The summed E-state index contributed by atoms with van der Waals surface area (Å²) in [5.41, 5.74) is -0.518. The second-order valence-electron chi connectivity index (χ2n) is 9.70. The molecule has 1 amide bonds. The highest BCUT2D eigenvalue weighted by atomic mass is 35.5. The zero-order valence-corrected chi connectivity index (χ0v) is 20.9. The third-order valence-electron chi connectivity index (χ3n) is 6.37. The molecule has 0 aromatic heterocycles. The van der Waals surface area contributed by atoms with Crippen LogP contribution in [0.1, 0.15) is 52.0 Å². The Labute approximate surface area is 209 Å². The van der Waals surface area contributed by atoms with Crippen molar-refractivity contribution in [1.82, 2.24) is 4.90 Å². The molecule has 0 atom stereocenters. The van der Waals surface area contributed by atoms with Crippen molar-refractivity contribution in [2.24, 2.45) is 5.92 Å². The van der Waals surface area contributed by atoms with E-state index in [-0.39, 0.29) is 35.0 Å². The average molecular weight is 507 g/mol. The van der Waals surface area contributed by atoms with Gasteiger partial charge < -0.3 is 20.3 Å². The first-order valence-corrected chi connectivity index (χ1v) is 12.1. The number of aromatic hydroxyl groups is 1. The number of amides is 1. The summed E-state index contributed by atoms with van der Waals surface area (Å²) in [7, 11) is 0. The zero-order chi connectivity index (χ0) is 25.8. The van der Waals surface area contributed by atoms with E-state index in [1.54, 1.807) is 12.1 Å². The Bertz CT molecular complexity index is 1070. The van der Waals surface area contributed by atoms with Crippen LogP contribution in [-0.2, 0) is 16.1 Å². The van der Waals surface area contributed by atoms with E-state index in [0.717, 1.165) is 31.7 Å². The number of carboxylic acids is 1. The van der Waals surface area contributed by atoms with E-state index in [2.05, 4.69) is 12.2 Å². The van der Waals surface area contributed by atoms with E-state index in [9.17, 15) is 24.2 Å². The van der Waals surface area contributed by atoms with Crippen molar-refractivity contribution in [2.45, 2.75) is 64.6 Å². The van der Waals surface area contributed by atoms with E-state index >= 15 is 0 Å². The molecular formula is C26H32ClFN2O5. The van der Waals surface area contributed by atoms with Crippen LogP contribution in [0.4, 0.5) is 10.1 Å². The molecule has 0 heterocycles. The fourth-order valence-electron chi connectivity index (χ4n) is 4.18. The topological polar surface area (TPSA) is 99.1 Å². The lowest BCUT2D eigenvalue weighted by Crippen LogP contribution is -2.42. The van der Waals surface area contributed by atoms with Crippen LogP contribution in [0.5, 0.6) is 11.5 Å². The monoisotopic (exact) mass is 506 g/mol. The number of hydrogen-bond acceptors (Lipinski definition) is 5. The normalized spacial score (nSPS) is 18.3. The van der Waals surface area contributed by atoms with Crippen molar-refractivity contribution < 1.29 is 28.9 Å². The molecule has 9 heteroatoms. The Morgan fingerprint density at radius 2 is 1.86 bits per heavy atom. The highest BCUT2D eigenvalue weighted by Gasteiger charge is 2.30. The molecule has 3 N–H and O–H groups in total. The van der Waals surface area contributed by atoms with Gasteiger partial charge >= 0.3 is 5.97 Å². The molecule has 35 heavy (non-hydrogen) atoms. The molecule has 3 rings (SSSR count). The first-order chi connectivity index (χ1) is 16.4. The number of carboxylic acid groups (broad SMARTS) is 1. The van der Waals surface area contributed by atoms with Gasteiger partial charge in [0.25, 0.3) is 0 Å². The van der Waals surface area contributed by atoms with Crippen LogP contribution in [0.25, 0.3) is 0 Å². The third-order valence-corrected chi connectivity index (χ3v) is 6.68. The molecule has 1 aliphatic rings. The summed E-state index contributed by atoms with van der Waals surface area (Å²) in [4.78, 5) is 26.2. The van der Waals surface area contributed by atoms with Crippen molar-refractivity contribution in [3.05, 3.63) is 52.8 Å². The predicted octanol–water partition coefficient (Wildman–Crippen LogP) is 5.45. The van der Waals surface area contributed by atoms with Crippen molar-refractivity contribution >= 4 is 29.2 Å². The molecule has 0 saturated heterocycles. The van der Waals surface area contributed by atoms with Gasteiger partial charge in [0.2, 0.25) is 5.91 Å². The Balaban J connectivity index is 1.75. The number of anilines is 1. The number of carbonyl (C=O) groups excluding carboxylic acids is 1. The molecule has 0 unspecified atom stereocenters. The Morgan fingerprint density at radius 3 is 2.46 bits per heavy atom. The maximum absolute atomic E-state index is 13.3. The number of phenolic OH excluding ortho intramolecular Hbond substituents is 1. The van der Waals surface area contributed by atoms with Gasteiger partial charge in [-0.3, -0.25) is 9.69 Å². The van der Waals surface area contributed by atoms with Gasteiger partial charge in [0.05, 0.1) is 17.3 Å². The van der Waals surface area contributed by atoms with E-state index < -0.39 is 17.4 Å². The summed E-state index contributed by atoms with van der Waals surface area (Å²) in [6, 6.07) is 8.63. The molecule has 2 aromatic rings. The lowest BCUT2D eigenvalue weighted by molar-refractivity contribution is -0.152. The highest BCUT2D eigenvalue weighted by Crippen LogP contribution is 2.32. The lowest BCUT2D eigenvalue weighted by Gasteiger charge is -2.36. The number of rotatable bonds is 9. The van der Waals surface area contributed by atoms with Crippen LogP contribution in [0.3, 0.4) is 0 Å². The molecule has 190 valence electrons. The minimum Gasteiger partial charge on any atom is -0.507 e. The van der Waals surface area contributed by atoms with Crippen molar-refractivity contribution in [3.63, 3.8) is 0 Å². The minimum atomic E-state index is -1.45. The SMILES string of the molecule is CC1CCC(N(CC(=O)Nc2ccc(F)cc2Cl)Cc2ccc(OC(C)(C)C(=O)O)cc2O)CC1. The number of ether oxygens (including phenoxy) is 1. The highest BCUT2D eigenvalue weighted by molar-refractivity contribution is 6.33. The number of aliphatic carboxylic acids is 1. The minimum absolute atomic E-state index is 0.0418. The number of nitrogens with one attached hydrogen (secondary N) is 1. The molecule has 1 fully saturated rings. The zero-order valence-electron chi connectivity index (χ0n) is 20.2. The van der Waals surface area contributed by atoms with Gasteiger partial charge in [-0.05, 0) is 69.7 Å². The number of halogens is 2. The standard InChI is InChI=1S/C26H32ClFN2O5/c1-16-4-8-19(9-5-16)30(15-24(32)29-22-11-7-18(28)12-21(22)27)14-17-6-10-20(13-23(17)31)35-26(2,3)25(33)34/h6-7,10-13,16,19,31H,4-5,8-9,14-15H2,1-3H3,(H,29,32)(H,33,34). The molecular weight excluding hydrogens is 475 g/mol. The summed E-state index contributed by atoms with van der Waals surface area (Å²) < 4.78 is 18.8. The van der Waals surface area contributed by atoms with Crippen LogP contribution in [0, 0.1) is 11.7 Å². The molecule has 2 aromatic carbocycles. The third kappa shape index (κ3) is 7.32. The number of carbonyl (C=O) groups is 2. The number of nitrogens with zero attached hydrogens (tertiary/aromatic N) is 1. The Kier molecular flexibility index (Phi) is 8.61. The molecule has 0 aliphatic heterocycles. The van der Waals surface area contributed by atoms with Crippen molar-refractivity contribution in [2.75, 3.05) is 11.9 Å². The molecule has 0 spiro atoms. The number of phenols is 1. The van der Waals surface area contributed by atoms with Crippen molar-refractivity contribution in [3.8, 4) is 11.5 Å². The summed E-state index contributed by atoms with van der Waals surface area (Å²) in [5.74, 6) is -1.07. The largest absolute Gasteiger partial charge is 0.507 e. The summed E-state index contributed by atoms with van der Waals surface area (Å²) >= 11 is 6.06. The summed E-state index contributed by atoms with van der Waals surface area (Å²) in [6.45, 7) is 5.46. The number of hydrogen-bond donors (Lipinski definition) is 3. The second kappa shape index (κ2) is 11.3. The van der Waals surface area contributed by atoms with Gasteiger partial charge in [-0.1, -0.05) is 24.6 Å². The van der Waals surface area contributed by atoms with Gasteiger partial charge in [0, 0.05) is 24.2 Å². The molecule has 0 bridgehead atoms. The predicted molar refractivity (Wildman–Crippen MR) is 132 cm³/mol. The van der Waals surface area contributed by atoms with E-state index in [0.29, 0.717) is 23.7 Å². The van der Waals surface area contributed by atoms with Gasteiger partial charge in [0.15, 0.2) is 5.60 Å². The fraction of sp³-hybridized carbons (Fsp3) is 0.462. The second-order valence-corrected chi connectivity index (χ2v) is 10.1. The smallest absolute Gasteiger partial charge is 0.347 e. The van der Waals surface area contributed by atoms with Crippen molar-refractivity contribution in [1.29, 1.82) is 0 Å². The quantitative estimate of drug-likeness (QED) is 0.418. The van der Waals surface area contributed by atoms with E-state index in [1.165, 1.54) is 32.0 Å². The van der Waals surface area contributed by atoms with Gasteiger partial charge in [-0.2, -0.15) is 0 Å². The van der Waals surface area contributed by atoms with Crippen LogP contribution in [0.2, 0.25) is 5.02 Å². The average Bonchev–Trinajstić information content (AvgIpc) is 2.77. The Morgan fingerprint density at radius 1 is 1.17 bits per heavy atom. The Hall–Kier alpha value is -2.84. The molecule has 1 saturated carbocycles. The number of benzene rings is 2. The maximum atomic E-state index is 13.3. The van der Waals surface area contributed by atoms with Gasteiger partial charge in [-0.25, -0.2) is 9.18 Å². The van der Waals surface area contributed by atoms with Crippen LogP contribution < -0.4 is 10.1 Å². The first kappa shape index (κ1) is 26.8. The van der Waals surface area contributed by atoms with E-state index in [1.807, 2.05) is 4.90 Å².